The third-order valence-corrected chi connectivity index (χ3v) is 2.58. The molecule has 0 N–H and O–H groups in total. The smallest absolute Gasteiger partial charge is 0.0398 e. The van der Waals surface area contributed by atoms with Crippen molar-refractivity contribution in [2.24, 2.45) is 5.92 Å². The van der Waals surface area contributed by atoms with Crippen molar-refractivity contribution in [1.82, 2.24) is 0 Å². The van der Waals surface area contributed by atoms with Crippen molar-refractivity contribution in [3.05, 3.63) is 35.4 Å². The fourth-order valence-electron chi connectivity index (χ4n) is 0.804. The van der Waals surface area contributed by atoms with Gasteiger partial charge in [0, 0.05) is 0 Å². The highest BCUT2D eigenvalue weighted by Crippen LogP contribution is 2.26. The molecule has 1 fully saturated rings. The molecule has 0 radical (unpaired) electrons. The number of aryl methyl sites for hydroxylation is 2. The van der Waals surface area contributed by atoms with Gasteiger partial charge in [-0.2, -0.15) is 0 Å². The lowest BCUT2D eigenvalue weighted by Crippen LogP contribution is -1.70. The number of unbranched alkanes of at least 4 members (excludes halogenated alkanes) is 1. The van der Waals surface area contributed by atoms with Gasteiger partial charge in [0.25, 0.3) is 0 Å². The third-order valence-electron chi connectivity index (χ3n) is 2.58. The van der Waals surface area contributed by atoms with Gasteiger partial charge >= 0.3 is 0 Å². The second kappa shape index (κ2) is 11.7. The van der Waals surface area contributed by atoms with Gasteiger partial charge in [-0.1, -0.05) is 89.3 Å². The largest absolute Gasteiger partial charge is 0.0776 e. The van der Waals surface area contributed by atoms with E-state index >= 15 is 0 Å². The Bertz CT molecular complexity index is 218. The van der Waals surface area contributed by atoms with Gasteiger partial charge in [0.1, 0.15) is 0 Å². The minimum absolute atomic E-state index is 0. The maximum absolute atomic E-state index is 2.28. The van der Waals surface area contributed by atoms with Gasteiger partial charge in [-0.3, -0.25) is 0 Å². The van der Waals surface area contributed by atoms with Gasteiger partial charge in [-0.05, 0) is 19.8 Å². The first-order valence-electron chi connectivity index (χ1n) is 6.63. The molecule has 0 amide bonds. The van der Waals surface area contributed by atoms with Crippen LogP contribution in [0.2, 0.25) is 0 Å². The highest BCUT2D eigenvalue weighted by Gasteiger charge is 2.12. The minimum Gasteiger partial charge on any atom is -0.0776 e. The average molecular weight is 236 g/mol. The Kier molecular flexibility index (Phi) is 12.8. The normalized spacial score (nSPS) is 12.3. The number of rotatable bonds is 1. The summed E-state index contributed by atoms with van der Waals surface area (Å²) in [5.41, 5.74) is 2.66. The predicted octanol–water partition coefficient (Wildman–Crippen LogP) is 6.16. The van der Waals surface area contributed by atoms with E-state index < -0.39 is 0 Å². The Hall–Kier alpha value is -0.780. The number of hydrogen-bond acceptors (Lipinski definition) is 0. The van der Waals surface area contributed by atoms with Crippen LogP contribution in [0.25, 0.3) is 0 Å². The molecule has 1 aromatic carbocycles. The van der Waals surface area contributed by atoms with Crippen molar-refractivity contribution >= 4 is 0 Å². The number of benzene rings is 1. The molecule has 1 aliphatic carbocycles. The topological polar surface area (TPSA) is 0 Å². The quantitative estimate of drug-likeness (QED) is 0.547. The Morgan fingerprint density at radius 2 is 1.12 bits per heavy atom. The van der Waals surface area contributed by atoms with E-state index in [1.165, 1.54) is 36.8 Å². The first-order valence-corrected chi connectivity index (χ1v) is 6.63. The molecule has 0 spiro atoms. The predicted molar refractivity (Wildman–Crippen MR) is 81.6 cm³/mol. The molecule has 1 aliphatic rings. The summed E-state index contributed by atoms with van der Waals surface area (Å²) in [6, 6.07) is 8.48. The van der Waals surface area contributed by atoms with Crippen molar-refractivity contribution in [2.45, 2.75) is 67.7 Å². The van der Waals surface area contributed by atoms with Gasteiger partial charge in [0.15, 0.2) is 0 Å². The highest BCUT2D eigenvalue weighted by molar-refractivity contribution is 5.19. The van der Waals surface area contributed by atoms with Crippen molar-refractivity contribution in [1.29, 1.82) is 0 Å². The summed E-state index contributed by atoms with van der Waals surface area (Å²) in [5.74, 6) is 1.08. The molecule has 0 atom stereocenters. The zero-order valence-corrected chi connectivity index (χ0v) is 11.7. The fraction of sp³-hybridized carbons (Fsp3) is 0.647. The van der Waals surface area contributed by atoms with E-state index in [2.05, 4.69) is 58.9 Å². The average Bonchev–Trinajstić information content (AvgIpc) is 3.06. The summed E-state index contributed by atoms with van der Waals surface area (Å²) in [5, 5.41) is 0. The monoisotopic (exact) mass is 236 g/mol. The summed E-state index contributed by atoms with van der Waals surface area (Å²) in [6.07, 6.45) is 5.61. The number of hydrogen-bond donors (Lipinski definition) is 0. The first-order chi connectivity index (χ1) is 7.60. The maximum atomic E-state index is 2.28. The molecule has 2 rings (SSSR count). The lowest BCUT2D eigenvalue weighted by Gasteiger charge is -1.90. The summed E-state index contributed by atoms with van der Waals surface area (Å²) in [7, 11) is 0. The van der Waals surface area contributed by atoms with Crippen LogP contribution in [0.5, 0.6) is 0 Å². The molecular formula is C17H32. The van der Waals surface area contributed by atoms with Gasteiger partial charge < -0.3 is 0 Å². The van der Waals surface area contributed by atoms with E-state index in [9.17, 15) is 0 Å². The second-order valence-corrected chi connectivity index (χ2v) is 4.84. The van der Waals surface area contributed by atoms with Gasteiger partial charge in [-0.25, -0.2) is 0 Å². The molecule has 1 saturated carbocycles. The van der Waals surface area contributed by atoms with Crippen molar-refractivity contribution in [3.63, 3.8) is 0 Å². The minimum atomic E-state index is 0. The van der Waals surface area contributed by atoms with E-state index in [1.54, 1.807) is 0 Å². The van der Waals surface area contributed by atoms with Crippen LogP contribution >= 0.6 is 0 Å². The molecular weight excluding hydrogens is 204 g/mol. The fourth-order valence-corrected chi connectivity index (χ4v) is 0.804. The van der Waals surface area contributed by atoms with E-state index in [0.717, 1.165) is 5.92 Å². The van der Waals surface area contributed by atoms with Crippen LogP contribution in [-0.2, 0) is 0 Å². The lowest BCUT2D eigenvalue weighted by atomic mass is 10.2. The van der Waals surface area contributed by atoms with Crippen molar-refractivity contribution in [3.8, 4) is 0 Å². The first kappa shape index (κ1) is 18.6. The van der Waals surface area contributed by atoms with Crippen LogP contribution in [0, 0.1) is 19.8 Å². The van der Waals surface area contributed by atoms with Crippen molar-refractivity contribution in [2.75, 3.05) is 0 Å². The van der Waals surface area contributed by atoms with Crippen LogP contribution in [0.1, 0.15) is 65.0 Å². The lowest BCUT2D eigenvalue weighted by molar-refractivity contribution is 0.886. The van der Waals surface area contributed by atoms with Crippen LogP contribution in [0.4, 0.5) is 0 Å². The molecule has 0 aromatic heterocycles. The third kappa shape index (κ3) is 15.2. The molecule has 17 heavy (non-hydrogen) atoms. The van der Waals surface area contributed by atoms with Gasteiger partial charge in [0.05, 0.1) is 0 Å². The Balaban J connectivity index is 0. The van der Waals surface area contributed by atoms with E-state index in [-0.39, 0.29) is 7.43 Å². The Labute approximate surface area is 109 Å². The summed E-state index contributed by atoms with van der Waals surface area (Å²) in [4.78, 5) is 0. The standard InChI is InChI=1S/C8H10.C4H8.C4H10.CH4/c1-7-3-5-8(2)6-4-7;1-4-2-3-4;1-3-4-2;/h3-6H,1-2H3;4H,2-3H2,1H3;3-4H2,1-2H3;1H4. The molecule has 0 unspecified atom stereocenters. The van der Waals surface area contributed by atoms with Gasteiger partial charge in [0.2, 0.25) is 0 Å². The van der Waals surface area contributed by atoms with Gasteiger partial charge in [-0.15, -0.1) is 0 Å². The SMILES string of the molecule is C.CC1CC1.CCCC.Cc1ccc(C)cc1. The molecule has 0 nitrogen and oxygen atoms in total. The Morgan fingerprint density at radius 1 is 0.882 bits per heavy atom. The molecule has 100 valence electrons. The van der Waals surface area contributed by atoms with E-state index in [1.807, 2.05) is 0 Å². The summed E-state index contributed by atoms with van der Waals surface area (Å²) in [6.45, 7) is 10.8. The van der Waals surface area contributed by atoms with Crippen LogP contribution < -0.4 is 0 Å². The highest BCUT2D eigenvalue weighted by atomic mass is 14.2. The van der Waals surface area contributed by atoms with Crippen molar-refractivity contribution < 1.29 is 0 Å². The second-order valence-electron chi connectivity index (χ2n) is 4.84. The molecule has 0 heterocycles. The zero-order chi connectivity index (χ0) is 12.4. The summed E-state index contributed by atoms with van der Waals surface area (Å²) < 4.78 is 0. The van der Waals surface area contributed by atoms with E-state index in [4.69, 9.17) is 0 Å². The molecule has 0 saturated heterocycles. The van der Waals surface area contributed by atoms with Crippen LogP contribution in [0.3, 0.4) is 0 Å². The van der Waals surface area contributed by atoms with Crippen LogP contribution in [0.15, 0.2) is 24.3 Å². The molecule has 0 heteroatoms. The zero-order valence-electron chi connectivity index (χ0n) is 11.7. The Morgan fingerprint density at radius 3 is 1.24 bits per heavy atom. The summed E-state index contributed by atoms with van der Waals surface area (Å²) >= 11 is 0. The molecule has 0 bridgehead atoms. The van der Waals surface area contributed by atoms with E-state index in [0.29, 0.717) is 0 Å². The molecule has 1 aromatic rings. The molecule has 0 aliphatic heterocycles. The van der Waals surface area contributed by atoms with Crippen LogP contribution in [-0.4, -0.2) is 0 Å². The maximum Gasteiger partial charge on any atom is -0.0398 e.